The Morgan fingerprint density at radius 2 is 1.13 bits per heavy atom. The molecule has 202 valence electrons. The van der Waals surface area contributed by atoms with E-state index < -0.39 is 11.9 Å². The third-order valence-electron chi connectivity index (χ3n) is 5.36. The lowest BCUT2D eigenvalue weighted by molar-refractivity contribution is -0.140. The van der Waals surface area contributed by atoms with Crippen LogP contribution in [0.1, 0.15) is 0 Å². The number of carbonyl (C=O) groups excluding carboxylic acids is 2. The number of esters is 2. The molecule has 0 aliphatic rings. The number of hydrogen-bond acceptors (Lipinski definition) is 9. The normalized spacial score (nSPS) is 10.7. The van der Waals surface area contributed by atoms with Gasteiger partial charge in [0.05, 0.1) is 33.5 Å². The highest BCUT2D eigenvalue weighted by Gasteiger charge is 2.17. The zero-order valence-corrected chi connectivity index (χ0v) is 21.4. The molecule has 3 aromatic rings. The molecule has 0 saturated heterocycles. The second kappa shape index (κ2) is 15.2. The highest BCUT2D eigenvalue weighted by molar-refractivity contribution is 6.11. The topological polar surface area (TPSA) is 98.8 Å². The fourth-order valence-corrected chi connectivity index (χ4v) is 3.65. The van der Waals surface area contributed by atoms with Crippen LogP contribution >= 0.6 is 0 Å². The van der Waals surface area contributed by atoms with Gasteiger partial charge < -0.3 is 33.2 Å². The maximum atomic E-state index is 11.1. The summed E-state index contributed by atoms with van der Waals surface area (Å²) in [7, 11) is 1.61. The Morgan fingerprint density at radius 1 is 0.658 bits per heavy atom. The standard InChI is InChI=1S/C29H32O9/c1-4-26(30)35-16-12-33-14-18-37-28-22-8-6-7-9-23(22)29(25-20-21(32-3)10-11-24(25)28)38-19-15-34-13-17-36-27(31)5-2/h4-11,20H,1-2,12-19H2,3H3. The van der Waals surface area contributed by atoms with E-state index in [1.807, 2.05) is 42.5 Å². The van der Waals surface area contributed by atoms with Gasteiger partial charge in [-0.2, -0.15) is 0 Å². The van der Waals surface area contributed by atoms with Gasteiger partial charge >= 0.3 is 11.9 Å². The first-order valence-electron chi connectivity index (χ1n) is 12.1. The first kappa shape index (κ1) is 28.5. The second-order valence-electron chi connectivity index (χ2n) is 7.78. The first-order chi connectivity index (χ1) is 18.6. The van der Waals surface area contributed by atoms with Crippen molar-refractivity contribution in [3.8, 4) is 17.2 Å². The van der Waals surface area contributed by atoms with Gasteiger partial charge in [-0.15, -0.1) is 0 Å². The molecular formula is C29H32O9. The van der Waals surface area contributed by atoms with Crippen LogP contribution in [-0.4, -0.2) is 71.9 Å². The van der Waals surface area contributed by atoms with Crippen molar-refractivity contribution in [2.24, 2.45) is 0 Å². The van der Waals surface area contributed by atoms with Crippen LogP contribution in [0.15, 0.2) is 67.8 Å². The van der Waals surface area contributed by atoms with Crippen molar-refractivity contribution in [3.05, 3.63) is 67.8 Å². The average Bonchev–Trinajstić information content (AvgIpc) is 2.95. The largest absolute Gasteiger partial charge is 0.497 e. The van der Waals surface area contributed by atoms with Crippen LogP contribution in [0.25, 0.3) is 21.5 Å². The van der Waals surface area contributed by atoms with E-state index in [9.17, 15) is 9.59 Å². The Kier molecular flexibility index (Phi) is 11.4. The highest BCUT2D eigenvalue weighted by Crippen LogP contribution is 2.43. The summed E-state index contributed by atoms with van der Waals surface area (Å²) in [6.07, 6.45) is 2.22. The fourth-order valence-electron chi connectivity index (χ4n) is 3.65. The summed E-state index contributed by atoms with van der Waals surface area (Å²) in [6, 6.07) is 13.5. The number of benzene rings is 3. The van der Waals surface area contributed by atoms with E-state index in [2.05, 4.69) is 13.2 Å². The lowest BCUT2D eigenvalue weighted by Crippen LogP contribution is -2.13. The third-order valence-corrected chi connectivity index (χ3v) is 5.36. The van der Waals surface area contributed by atoms with Gasteiger partial charge in [-0.25, -0.2) is 9.59 Å². The zero-order chi connectivity index (χ0) is 27.2. The molecule has 0 radical (unpaired) electrons. The molecule has 0 aliphatic heterocycles. The van der Waals surface area contributed by atoms with E-state index in [0.29, 0.717) is 37.1 Å². The molecule has 0 fully saturated rings. The summed E-state index contributed by atoms with van der Waals surface area (Å²) in [4.78, 5) is 22.2. The van der Waals surface area contributed by atoms with Gasteiger partial charge in [0, 0.05) is 33.7 Å². The molecule has 38 heavy (non-hydrogen) atoms. The van der Waals surface area contributed by atoms with Crippen molar-refractivity contribution >= 4 is 33.5 Å². The van der Waals surface area contributed by atoms with Crippen LogP contribution in [0.3, 0.4) is 0 Å². The molecule has 0 spiro atoms. The van der Waals surface area contributed by atoms with Gasteiger partial charge in [0.1, 0.15) is 43.7 Å². The van der Waals surface area contributed by atoms with Crippen molar-refractivity contribution < 1.29 is 42.7 Å². The van der Waals surface area contributed by atoms with Crippen LogP contribution in [0.4, 0.5) is 0 Å². The summed E-state index contributed by atoms with van der Waals surface area (Å²) >= 11 is 0. The highest BCUT2D eigenvalue weighted by atomic mass is 16.6. The van der Waals surface area contributed by atoms with Crippen LogP contribution in [0.5, 0.6) is 17.2 Å². The molecule has 0 unspecified atom stereocenters. The van der Waals surface area contributed by atoms with Gasteiger partial charge in [0.15, 0.2) is 0 Å². The SMILES string of the molecule is C=CC(=O)OCCOCCOc1c2ccccc2c(OCCOCCOC(=O)C=C)c2cc(OC)ccc12. The molecule has 0 atom stereocenters. The quantitative estimate of drug-likeness (QED) is 0.111. The summed E-state index contributed by atoms with van der Waals surface area (Å²) in [6.45, 7) is 8.71. The molecule has 9 heteroatoms. The molecule has 3 aromatic carbocycles. The monoisotopic (exact) mass is 524 g/mol. The number of rotatable bonds is 17. The van der Waals surface area contributed by atoms with Crippen molar-refractivity contribution in [2.45, 2.75) is 0 Å². The van der Waals surface area contributed by atoms with Crippen molar-refractivity contribution in [3.63, 3.8) is 0 Å². The molecule has 9 nitrogen and oxygen atoms in total. The van der Waals surface area contributed by atoms with Gasteiger partial charge in [-0.3, -0.25) is 0 Å². The molecule has 3 rings (SSSR count). The Bertz CT molecular complexity index is 1250. The maximum Gasteiger partial charge on any atom is 0.330 e. The van der Waals surface area contributed by atoms with E-state index in [0.717, 1.165) is 33.7 Å². The average molecular weight is 525 g/mol. The Morgan fingerprint density at radius 3 is 1.63 bits per heavy atom. The first-order valence-corrected chi connectivity index (χ1v) is 12.1. The van der Waals surface area contributed by atoms with E-state index >= 15 is 0 Å². The fraction of sp³-hybridized carbons (Fsp3) is 0.310. The summed E-state index contributed by atoms with van der Waals surface area (Å²) in [5, 5.41) is 3.45. The minimum absolute atomic E-state index is 0.142. The molecule has 0 heterocycles. The summed E-state index contributed by atoms with van der Waals surface area (Å²) in [5.41, 5.74) is 0. The van der Waals surface area contributed by atoms with Gasteiger partial charge in [-0.1, -0.05) is 37.4 Å². The van der Waals surface area contributed by atoms with Crippen LogP contribution < -0.4 is 14.2 Å². The molecule has 0 saturated carbocycles. The number of methoxy groups -OCH3 is 1. The third kappa shape index (κ3) is 7.96. The number of carbonyl (C=O) groups is 2. The lowest BCUT2D eigenvalue weighted by Gasteiger charge is -2.18. The van der Waals surface area contributed by atoms with E-state index in [4.69, 9.17) is 33.2 Å². The van der Waals surface area contributed by atoms with Crippen molar-refractivity contribution in [1.29, 1.82) is 0 Å². The maximum absolute atomic E-state index is 11.1. The lowest BCUT2D eigenvalue weighted by atomic mass is 10.00. The zero-order valence-electron chi connectivity index (χ0n) is 21.4. The predicted octanol–water partition coefficient (Wildman–Crippen LogP) is 4.25. The molecule has 0 bridgehead atoms. The summed E-state index contributed by atoms with van der Waals surface area (Å²) in [5.74, 6) is 1.10. The number of ether oxygens (including phenoxy) is 7. The Balaban J connectivity index is 1.72. The minimum atomic E-state index is -0.486. The Labute approximate surface area is 221 Å². The smallest absolute Gasteiger partial charge is 0.330 e. The predicted molar refractivity (Wildman–Crippen MR) is 143 cm³/mol. The van der Waals surface area contributed by atoms with Crippen molar-refractivity contribution in [2.75, 3.05) is 60.0 Å². The van der Waals surface area contributed by atoms with Crippen LogP contribution in [-0.2, 0) is 28.5 Å². The molecular weight excluding hydrogens is 492 g/mol. The van der Waals surface area contributed by atoms with Crippen LogP contribution in [0, 0.1) is 0 Å². The van der Waals surface area contributed by atoms with Gasteiger partial charge in [0.2, 0.25) is 0 Å². The molecule has 0 N–H and O–H groups in total. The minimum Gasteiger partial charge on any atom is -0.497 e. The second-order valence-corrected chi connectivity index (χ2v) is 7.78. The number of hydrogen-bond donors (Lipinski definition) is 0. The Hall–Kier alpha value is -4.08. The summed E-state index contributed by atoms with van der Waals surface area (Å²) < 4.78 is 38.7. The van der Waals surface area contributed by atoms with E-state index in [1.54, 1.807) is 7.11 Å². The van der Waals surface area contributed by atoms with Crippen molar-refractivity contribution in [1.82, 2.24) is 0 Å². The van der Waals surface area contributed by atoms with Gasteiger partial charge in [-0.05, 0) is 18.2 Å². The van der Waals surface area contributed by atoms with E-state index in [-0.39, 0.29) is 33.0 Å². The molecule has 0 aromatic heterocycles. The van der Waals surface area contributed by atoms with E-state index in [1.165, 1.54) is 0 Å². The molecule has 0 amide bonds. The van der Waals surface area contributed by atoms with Gasteiger partial charge in [0.25, 0.3) is 0 Å². The molecule has 0 aliphatic carbocycles. The number of fused-ring (bicyclic) bond motifs is 2. The van der Waals surface area contributed by atoms with Crippen LogP contribution in [0.2, 0.25) is 0 Å².